The number of ether oxygens (including phenoxy) is 5. The maximum absolute atomic E-state index is 12.4. The van der Waals surface area contributed by atoms with Gasteiger partial charge < -0.3 is 28.8 Å². The van der Waals surface area contributed by atoms with Crippen LogP contribution < -0.4 is 23.7 Å². The summed E-state index contributed by atoms with van der Waals surface area (Å²) >= 11 is 0. The first-order valence-electron chi connectivity index (χ1n) is 10.0. The monoisotopic (exact) mass is 458 g/mol. The minimum atomic E-state index is -1.11. The Balaban J connectivity index is 1.99. The molecule has 1 N–H and O–H groups in total. The highest BCUT2D eigenvalue weighted by Gasteiger charge is 2.33. The van der Waals surface area contributed by atoms with E-state index in [4.69, 9.17) is 28.8 Å². The number of nitrogens with zero attached hydrogens (tertiary/aromatic N) is 2. The van der Waals surface area contributed by atoms with Crippen molar-refractivity contribution >= 4 is 17.6 Å². The number of aliphatic carboxylic acids is 1. The maximum atomic E-state index is 12.4. The van der Waals surface area contributed by atoms with Gasteiger partial charge in [0.15, 0.2) is 29.6 Å². The van der Waals surface area contributed by atoms with Gasteiger partial charge in [-0.1, -0.05) is 6.07 Å². The first kappa shape index (κ1) is 23.7. The molecule has 0 spiro atoms. The van der Waals surface area contributed by atoms with Crippen molar-refractivity contribution in [2.75, 3.05) is 35.0 Å². The van der Waals surface area contributed by atoms with Crippen molar-refractivity contribution in [1.82, 2.24) is 5.01 Å². The number of hydrogen-bond donors (Lipinski definition) is 1. The smallest absolute Gasteiger partial charge is 0.341 e. The maximum Gasteiger partial charge on any atom is 0.341 e. The van der Waals surface area contributed by atoms with Crippen molar-refractivity contribution in [2.24, 2.45) is 5.10 Å². The van der Waals surface area contributed by atoms with Crippen LogP contribution >= 0.6 is 0 Å². The molecular weight excluding hydrogens is 432 g/mol. The van der Waals surface area contributed by atoms with E-state index in [9.17, 15) is 9.59 Å². The molecule has 1 atom stereocenters. The second-order valence-electron chi connectivity index (χ2n) is 7.14. The highest BCUT2D eigenvalue weighted by atomic mass is 16.5. The average Bonchev–Trinajstić information content (AvgIpc) is 3.27. The Morgan fingerprint density at radius 2 is 1.61 bits per heavy atom. The Bertz CT molecular complexity index is 1060. The summed E-state index contributed by atoms with van der Waals surface area (Å²) in [4.78, 5) is 23.3. The zero-order valence-corrected chi connectivity index (χ0v) is 19.1. The average molecular weight is 458 g/mol. The van der Waals surface area contributed by atoms with E-state index in [1.54, 1.807) is 30.3 Å². The molecule has 3 rings (SSSR count). The number of rotatable bonds is 9. The van der Waals surface area contributed by atoms with E-state index in [0.717, 1.165) is 5.56 Å². The van der Waals surface area contributed by atoms with E-state index < -0.39 is 18.6 Å². The van der Waals surface area contributed by atoms with Gasteiger partial charge in [0.1, 0.15) is 0 Å². The number of hydrogen-bond acceptors (Lipinski definition) is 8. The second-order valence-corrected chi connectivity index (χ2v) is 7.14. The summed E-state index contributed by atoms with van der Waals surface area (Å²) in [6, 6.07) is 8.25. The van der Waals surface area contributed by atoms with Gasteiger partial charge in [-0.3, -0.25) is 4.79 Å². The minimum Gasteiger partial charge on any atom is -0.493 e. The van der Waals surface area contributed by atoms with Crippen molar-refractivity contribution in [1.29, 1.82) is 0 Å². The molecule has 0 saturated heterocycles. The molecule has 2 aromatic rings. The fraction of sp³-hybridized carbons (Fsp3) is 0.348. The van der Waals surface area contributed by atoms with Gasteiger partial charge >= 0.3 is 5.97 Å². The summed E-state index contributed by atoms with van der Waals surface area (Å²) < 4.78 is 26.9. The molecular formula is C23H26N2O8. The zero-order chi connectivity index (χ0) is 24.1. The van der Waals surface area contributed by atoms with E-state index in [-0.39, 0.29) is 11.7 Å². The van der Waals surface area contributed by atoms with E-state index in [1.807, 2.05) is 0 Å². The standard InChI is InChI=1S/C23H26N2O8/c1-13(26)25-17(14-6-7-18(29-2)19(8-14)33-12-22(27)28)11-16(24-25)15-9-20(30-3)23(32-5)21(10-15)31-4/h6-10,17H,11-12H2,1-5H3,(H,27,28). The molecule has 0 saturated carbocycles. The Hall–Kier alpha value is -3.95. The molecule has 176 valence electrons. The lowest BCUT2D eigenvalue weighted by atomic mass is 9.97. The van der Waals surface area contributed by atoms with E-state index in [0.29, 0.717) is 40.7 Å². The van der Waals surface area contributed by atoms with Crippen LogP contribution in [0.25, 0.3) is 0 Å². The lowest BCUT2D eigenvalue weighted by Gasteiger charge is -2.21. The largest absolute Gasteiger partial charge is 0.493 e. The number of methoxy groups -OCH3 is 4. The summed E-state index contributed by atoms with van der Waals surface area (Å²) in [5.74, 6) is 0.702. The van der Waals surface area contributed by atoms with Crippen LogP contribution in [0.15, 0.2) is 35.4 Å². The Labute approximate surface area is 191 Å². The Kier molecular flexibility index (Phi) is 7.27. The molecule has 1 amide bonds. The predicted octanol–water partition coefficient (Wildman–Crippen LogP) is 2.88. The fourth-order valence-electron chi connectivity index (χ4n) is 3.64. The lowest BCUT2D eigenvalue weighted by Crippen LogP contribution is -2.24. The minimum absolute atomic E-state index is 0.244. The Morgan fingerprint density at radius 1 is 0.970 bits per heavy atom. The summed E-state index contributed by atoms with van der Waals surface area (Å²) in [5, 5.41) is 14.9. The van der Waals surface area contributed by atoms with Crippen molar-refractivity contribution in [3.8, 4) is 28.7 Å². The van der Waals surface area contributed by atoms with Crippen LogP contribution in [0.3, 0.4) is 0 Å². The van der Waals surface area contributed by atoms with E-state index >= 15 is 0 Å². The molecule has 1 aliphatic heterocycles. The van der Waals surface area contributed by atoms with Gasteiger partial charge in [0.2, 0.25) is 11.7 Å². The summed E-state index contributed by atoms with van der Waals surface area (Å²) in [6.45, 7) is 0.911. The third kappa shape index (κ3) is 4.94. The van der Waals surface area contributed by atoms with Gasteiger partial charge in [-0.15, -0.1) is 0 Å². The SMILES string of the molecule is COc1ccc(C2CC(c3cc(OC)c(OC)c(OC)c3)=NN2C(C)=O)cc1OCC(=O)O. The number of carbonyl (C=O) groups excluding carboxylic acids is 1. The van der Waals surface area contributed by atoms with Crippen LogP contribution in [-0.4, -0.2) is 62.7 Å². The molecule has 33 heavy (non-hydrogen) atoms. The second kappa shape index (κ2) is 10.1. The summed E-state index contributed by atoms with van der Waals surface area (Å²) in [7, 11) is 6.04. The first-order chi connectivity index (χ1) is 15.8. The van der Waals surface area contributed by atoms with Crippen LogP contribution in [-0.2, 0) is 9.59 Å². The van der Waals surface area contributed by atoms with Crippen molar-refractivity contribution in [3.63, 3.8) is 0 Å². The molecule has 0 bridgehead atoms. The third-order valence-corrected chi connectivity index (χ3v) is 5.15. The van der Waals surface area contributed by atoms with Gasteiger partial charge in [0.05, 0.1) is 40.2 Å². The molecule has 1 aliphatic rings. The molecule has 2 aromatic carbocycles. The first-order valence-corrected chi connectivity index (χ1v) is 10.0. The van der Waals surface area contributed by atoms with Crippen molar-refractivity contribution in [2.45, 2.75) is 19.4 Å². The summed E-state index contributed by atoms with van der Waals surface area (Å²) in [6.07, 6.45) is 0.406. The number of hydrazone groups is 1. The van der Waals surface area contributed by atoms with Gasteiger partial charge in [0.25, 0.3) is 0 Å². The van der Waals surface area contributed by atoms with Crippen LogP contribution in [0.2, 0.25) is 0 Å². The van der Waals surface area contributed by atoms with Crippen molar-refractivity contribution < 1.29 is 38.4 Å². The molecule has 0 radical (unpaired) electrons. The van der Waals surface area contributed by atoms with Gasteiger partial charge in [0, 0.05) is 18.9 Å². The molecule has 1 unspecified atom stereocenters. The van der Waals surface area contributed by atoms with Crippen LogP contribution in [0.1, 0.15) is 30.5 Å². The number of amides is 1. The molecule has 0 fully saturated rings. The van der Waals surface area contributed by atoms with E-state index in [1.165, 1.54) is 40.4 Å². The molecule has 10 nitrogen and oxygen atoms in total. The normalized spacial score (nSPS) is 15.0. The molecule has 1 heterocycles. The van der Waals surface area contributed by atoms with Gasteiger partial charge in [-0.05, 0) is 29.8 Å². The van der Waals surface area contributed by atoms with Crippen LogP contribution in [0.4, 0.5) is 0 Å². The summed E-state index contributed by atoms with van der Waals surface area (Å²) in [5.41, 5.74) is 2.09. The Morgan fingerprint density at radius 3 is 2.12 bits per heavy atom. The zero-order valence-electron chi connectivity index (χ0n) is 19.1. The highest BCUT2D eigenvalue weighted by Crippen LogP contribution is 2.41. The molecule has 0 aliphatic carbocycles. The quantitative estimate of drug-likeness (QED) is 0.610. The number of carbonyl (C=O) groups is 2. The number of carboxylic acids is 1. The van der Waals surface area contributed by atoms with Gasteiger partial charge in [-0.2, -0.15) is 5.10 Å². The van der Waals surface area contributed by atoms with Crippen LogP contribution in [0, 0.1) is 0 Å². The molecule has 0 aromatic heterocycles. The number of benzene rings is 2. The van der Waals surface area contributed by atoms with Crippen LogP contribution in [0.5, 0.6) is 28.7 Å². The predicted molar refractivity (Wildman–Crippen MR) is 119 cm³/mol. The fourth-order valence-corrected chi connectivity index (χ4v) is 3.64. The van der Waals surface area contributed by atoms with Crippen molar-refractivity contribution in [3.05, 3.63) is 41.5 Å². The van der Waals surface area contributed by atoms with Gasteiger partial charge in [-0.25, -0.2) is 9.80 Å². The van der Waals surface area contributed by atoms with E-state index in [2.05, 4.69) is 5.10 Å². The molecule has 10 heteroatoms. The lowest BCUT2D eigenvalue weighted by molar-refractivity contribution is -0.139. The topological polar surface area (TPSA) is 116 Å². The third-order valence-electron chi connectivity index (χ3n) is 5.15. The number of carboxylic acid groups (broad SMARTS) is 1. The highest BCUT2D eigenvalue weighted by molar-refractivity contribution is 6.04.